The number of esters is 1. The molecule has 2 rings (SSSR count). The summed E-state index contributed by atoms with van der Waals surface area (Å²) >= 11 is 13.9. The second-order valence-corrected chi connectivity index (χ2v) is 10.3. The number of halogens is 2. The van der Waals surface area contributed by atoms with Gasteiger partial charge in [-0.3, -0.25) is 9.36 Å². The van der Waals surface area contributed by atoms with Gasteiger partial charge in [0.1, 0.15) is 17.6 Å². The molecule has 0 N–H and O–H groups in total. The van der Waals surface area contributed by atoms with Crippen LogP contribution in [0, 0.1) is 12.3 Å². The van der Waals surface area contributed by atoms with Crippen LogP contribution in [0.15, 0.2) is 28.1 Å². The van der Waals surface area contributed by atoms with Crippen LogP contribution in [0.1, 0.15) is 52.1 Å². The molecule has 31 heavy (non-hydrogen) atoms. The zero-order valence-corrected chi connectivity index (χ0v) is 21.2. The second-order valence-electron chi connectivity index (χ2n) is 8.38. The fourth-order valence-electron chi connectivity index (χ4n) is 2.55. The molecule has 0 unspecified atom stereocenters. The van der Waals surface area contributed by atoms with Gasteiger partial charge in [-0.25, -0.2) is 4.98 Å². The molecular formula is C22H30Cl2N2O4S. The molecule has 0 amide bonds. The van der Waals surface area contributed by atoms with Gasteiger partial charge in [0.15, 0.2) is 6.79 Å². The number of hydrogen-bond donors (Lipinski definition) is 0. The van der Waals surface area contributed by atoms with Gasteiger partial charge in [-0.1, -0.05) is 48.8 Å². The molecule has 0 aliphatic heterocycles. The Morgan fingerprint density at radius 1 is 1.13 bits per heavy atom. The Balaban J connectivity index is 1.96. The second kappa shape index (κ2) is 11.6. The molecule has 0 radical (unpaired) electrons. The summed E-state index contributed by atoms with van der Waals surface area (Å²) in [7, 11) is 0. The Labute approximate surface area is 198 Å². The summed E-state index contributed by atoms with van der Waals surface area (Å²) in [4.78, 5) is 17.4. The first-order valence-corrected chi connectivity index (χ1v) is 11.6. The lowest BCUT2D eigenvalue weighted by Gasteiger charge is -2.16. The Hall–Kier alpha value is -1.25. The van der Waals surface area contributed by atoms with Crippen molar-refractivity contribution in [3.63, 3.8) is 0 Å². The number of carbonyl (C=O) groups excluding carboxylic acids is 1. The van der Waals surface area contributed by atoms with Crippen LogP contribution in [0.2, 0.25) is 10.0 Å². The van der Waals surface area contributed by atoms with Gasteiger partial charge in [0.05, 0.1) is 24.3 Å². The lowest BCUT2D eigenvalue weighted by molar-refractivity contribution is -0.167. The van der Waals surface area contributed by atoms with Crippen LogP contribution in [0.5, 0.6) is 0 Å². The van der Waals surface area contributed by atoms with E-state index in [2.05, 4.69) is 13.8 Å². The lowest BCUT2D eigenvalue weighted by Crippen LogP contribution is -2.24. The highest BCUT2D eigenvalue weighted by Gasteiger charge is 2.23. The fourth-order valence-corrected chi connectivity index (χ4v) is 4.48. The number of imidazole rings is 1. The van der Waals surface area contributed by atoms with E-state index >= 15 is 0 Å². The van der Waals surface area contributed by atoms with Gasteiger partial charge in [-0.2, -0.15) is 0 Å². The van der Waals surface area contributed by atoms with Crippen LogP contribution in [0.25, 0.3) is 0 Å². The van der Waals surface area contributed by atoms with Crippen molar-refractivity contribution in [1.29, 1.82) is 0 Å². The number of rotatable bonds is 10. The molecule has 2 aromatic rings. The van der Waals surface area contributed by atoms with Gasteiger partial charge in [0.2, 0.25) is 0 Å². The van der Waals surface area contributed by atoms with Crippen LogP contribution in [0.3, 0.4) is 0 Å². The van der Waals surface area contributed by atoms with E-state index in [1.807, 2.05) is 23.6 Å². The van der Waals surface area contributed by atoms with Crippen LogP contribution < -0.4 is 0 Å². The summed E-state index contributed by atoms with van der Waals surface area (Å²) in [6, 6.07) is 5.46. The Bertz CT molecular complexity index is 874. The Morgan fingerprint density at radius 2 is 1.74 bits per heavy atom. The molecule has 0 spiro atoms. The topological polar surface area (TPSA) is 62.6 Å². The molecule has 0 aliphatic carbocycles. The molecule has 1 aromatic heterocycles. The highest BCUT2D eigenvalue weighted by molar-refractivity contribution is 7.99. The number of ether oxygens (including phenoxy) is 3. The molecule has 6 nitrogen and oxygen atoms in total. The first kappa shape index (κ1) is 26.0. The summed E-state index contributed by atoms with van der Waals surface area (Å²) in [5.41, 5.74) is 0.446. The minimum Gasteiger partial charge on any atom is -0.438 e. The number of hydrogen-bond acceptors (Lipinski definition) is 6. The van der Waals surface area contributed by atoms with Crippen molar-refractivity contribution in [2.24, 2.45) is 5.41 Å². The Morgan fingerprint density at radius 3 is 2.32 bits per heavy atom. The van der Waals surface area contributed by atoms with E-state index < -0.39 is 5.41 Å². The molecule has 0 aliphatic rings. The van der Waals surface area contributed by atoms with Crippen LogP contribution in [-0.2, 0) is 25.7 Å². The van der Waals surface area contributed by atoms with Gasteiger partial charge in [0, 0.05) is 14.9 Å². The van der Waals surface area contributed by atoms with Gasteiger partial charge in [-0.05, 0) is 51.8 Å². The van der Waals surface area contributed by atoms with E-state index in [1.165, 1.54) is 0 Å². The van der Waals surface area contributed by atoms with Gasteiger partial charge < -0.3 is 14.2 Å². The minimum absolute atomic E-state index is 0.0856. The van der Waals surface area contributed by atoms with E-state index in [1.54, 1.807) is 38.6 Å². The molecule has 0 fully saturated rings. The number of nitrogens with zero attached hydrogens (tertiary/aromatic N) is 2. The molecule has 0 saturated carbocycles. The zero-order valence-electron chi connectivity index (χ0n) is 18.8. The average Bonchev–Trinajstić information content (AvgIpc) is 2.95. The number of aromatic nitrogens is 2. The van der Waals surface area contributed by atoms with Crippen LogP contribution in [-0.4, -0.2) is 35.5 Å². The van der Waals surface area contributed by atoms with Crippen molar-refractivity contribution in [2.45, 2.75) is 64.1 Å². The highest BCUT2D eigenvalue weighted by Crippen LogP contribution is 2.37. The summed E-state index contributed by atoms with van der Waals surface area (Å²) < 4.78 is 18.2. The largest absolute Gasteiger partial charge is 0.438 e. The van der Waals surface area contributed by atoms with Crippen molar-refractivity contribution >= 4 is 40.9 Å². The van der Waals surface area contributed by atoms with E-state index in [-0.39, 0.29) is 18.7 Å². The Kier molecular flexibility index (Phi) is 9.70. The quantitative estimate of drug-likeness (QED) is 0.221. The molecule has 0 bridgehead atoms. The average molecular weight is 489 g/mol. The molecule has 172 valence electrons. The smallest absolute Gasteiger partial charge is 0.313 e. The van der Waals surface area contributed by atoms with Crippen molar-refractivity contribution in [3.05, 3.63) is 39.8 Å². The predicted octanol–water partition coefficient (Wildman–Crippen LogP) is 6.31. The summed E-state index contributed by atoms with van der Waals surface area (Å²) in [5.74, 6) is 0.809. The maximum atomic E-state index is 11.7. The molecular weight excluding hydrogens is 459 g/mol. The molecule has 1 aromatic carbocycles. The maximum Gasteiger partial charge on any atom is 0.313 e. The zero-order chi connectivity index (χ0) is 23.2. The third kappa shape index (κ3) is 7.99. The number of benzene rings is 1. The molecule has 0 atom stereocenters. The normalized spacial score (nSPS) is 11.9. The van der Waals surface area contributed by atoms with Gasteiger partial charge >= 0.3 is 5.97 Å². The van der Waals surface area contributed by atoms with E-state index in [0.29, 0.717) is 30.0 Å². The summed E-state index contributed by atoms with van der Waals surface area (Å²) in [6.07, 6.45) is 0. The standard InChI is InChI=1S/C22H30Cl2N2O4S/c1-14(2)19-20(31-18-10-16(23)9-17(24)11-18)26(15(3)25-19)12-28-7-8-29-13-30-21(27)22(4,5)6/h9-11,14H,7-8,12-13H2,1-6H3. The maximum absolute atomic E-state index is 11.7. The minimum atomic E-state index is -0.547. The van der Waals surface area contributed by atoms with E-state index in [0.717, 1.165) is 21.4 Å². The van der Waals surface area contributed by atoms with Crippen molar-refractivity contribution < 1.29 is 19.0 Å². The monoisotopic (exact) mass is 488 g/mol. The molecule has 9 heteroatoms. The third-order valence-electron chi connectivity index (χ3n) is 4.21. The van der Waals surface area contributed by atoms with Crippen LogP contribution in [0.4, 0.5) is 0 Å². The SMILES string of the molecule is Cc1nc(C(C)C)c(Sc2cc(Cl)cc(Cl)c2)n1COCCOCOC(=O)C(C)(C)C. The van der Waals surface area contributed by atoms with Crippen LogP contribution >= 0.6 is 35.0 Å². The fraction of sp³-hybridized carbons (Fsp3) is 0.545. The lowest BCUT2D eigenvalue weighted by atomic mass is 9.98. The van der Waals surface area contributed by atoms with Crippen molar-refractivity contribution in [2.75, 3.05) is 20.0 Å². The highest BCUT2D eigenvalue weighted by atomic mass is 35.5. The molecule has 0 saturated heterocycles. The predicted molar refractivity (Wildman–Crippen MR) is 124 cm³/mol. The van der Waals surface area contributed by atoms with Gasteiger partial charge in [-0.15, -0.1) is 0 Å². The van der Waals surface area contributed by atoms with Gasteiger partial charge in [0.25, 0.3) is 0 Å². The van der Waals surface area contributed by atoms with E-state index in [4.69, 9.17) is 42.4 Å². The van der Waals surface area contributed by atoms with Crippen molar-refractivity contribution in [3.8, 4) is 0 Å². The number of aryl methyl sites for hydroxylation is 1. The first-order valence-electron chi connectivity index (χ1n) is 10.0. The third-order valence-corrected chi connectivity index (χ3v) is 5.74. The first-order chi connectivity index (χ1) is 14.5. The van der Waals surface area contributed by atoms with E-state index in [9.17, 15) is 4.79 Å². The summed E-state index contributed by atoms with van der Waals surface area (Å²) in [6.45, 7) is 12.5. The number of carbonyl (C=O) groups is 1. The molecule has 1 heterocycles. The van der Waals surface area contributed by atoms with Crippen molar-refractivity contribution in [1.82, 2.24) is 9.55 Å². The summed E-state index contributed by atoms with van der Waals surface area (Å²) in [5, 5.41) is 2.17.